The number of carbonyl (C=O) groups excluding carboxylic acids is 3. The topological polar surface area (TPSA) is 78.9 Å². The second-order valence-electron chi connectivity index (χ2n) is 23.8. The highest BCUT2D eigenvalue weighted by atomic mass is 16.6. The van der Waals surface area contributed by atoms with E-state index in [4.69, 9.17) is 14.2 Å². The third kappa shape index (κ3) is 64.6. The monoisotopic (exact) mass is 1080 g/mol. The summed E-state index contributed by atoms with van der Waals surface area (Å²) in [6, 6.07) is 0. The maximum absolute atomic E-state index is 12.9. The number of allylic oxidation sites excluding steroid dienone is 4. The fourth-order valence-corrected chi connectivity index (χ4v) is 10.7. The molecule has 0 aliphatic carbocycles. The van der Waals surface area contributed by atoms with E-state index in [1.165, 1.54) is 283 Å². The van der Waals surface area contributed by atoms with E-state index in [1.807, 2.05) is 0 Å². The zero-order valence-electron chi connectivity index (χ0n) is 52.3. The van der Waals surface area contributed by atoms with Crippen LogP contribution in [0.25, 0.3) is 0 Å². The molecule has 0 saturated heterocycles. The van der Waals surface area contributed by atoms with Crippen molar-refractivity contribution in [1.29, 1.82) is 0 Å². The van der Waals surface area contributed by atoms with Crippen molar-refractivity contribution in [2.75, 3.05) is 13.2 Å². The molecule has 0 saturated carbocycles. The Balaban J connectivity index is 4.10. The van der Waals surface area contributed by atoms with E-state index in [2.05, 4.69) is 45.1 Å². The summed E-state index contributed by atoms with van der Waals surface area (Å²) >= 11 is 0. The van der Waals surface area contributed by atoms with Gasteiger partial charge in [0.2, 0.25) is 0 Å². The zero-order valence-corrected chi connectivity index (χ0v) is 52.3. The molecule has 0 aromatic carbocycles. The Bertz CT molecular complexity index is 1240. The van der Waals surface area contributed by atoms with Crippen LogP contribution in [0.5, 0.6) is 0 Å². The first-order valence-corrected chi connectivity index (χ1v) is 34.8. The molecule has 1 unspecified atom stereocenters. The minimum absolute atomic E-state index is 0.0679. The van der Waals surface area contributed by atoms with Gasteiger partial charge in [0, 0.05) is 19.3 Å². The molecule has 0 bridgehead atoms. The van der Waals surface area contributed by atoms with Crippen LogP contribution in [0.2, 0.25) is 0 Å². The fourth-order valence-electron chi connectivity index (χ4n) is 10.7. The van der Waals surface area contributed by atoms with Crippen molar-refractivity contribution in [2.45, 2.75) is 399 Å². The third-order valence-corrected chi connectivity index (χ3v) is 15.9. The molecular weight excluding hydrogens is 949 g/mol. The van der Waals surface area contributed by atoms with Gasteiger partial charge in [-0.15, -0.1) is 0 Å². The van der Waals surface area contributed by atoms with Crippen molar-refractivity contribution < 1.29 is 28.6 Å². The second kappa shape index (κ2) is 66.4. The van der Waals surface area contributed by atoms with Crippen LogP contribution >= 0.6 is 0 Å². The minimum Gasteiger partial charge on any atom is -0.462 e. The van der Waals surface area contributed by atoms with Crippen molar-refractivity contribution >= 4 is 17.9 Å². The summed E-state index contributed by atoms with van der Waals surface area (Å²) in [5.41, 5.74) is 0. The molecule has 1 atom stereocenters. The number of hydrogen-bond donors (Lipinski definition) is 0. The van der Waals surface area contributed by atoms with Gasteiger partial charge in [-0.1, -0.05) is 334 Å². The van der Waals surface area contributed by atoms with Gasteiger partial charge in [-0.25, -0.2) is 0 Å². The molecule has 0 N–H and O–H groups in total. The van der Waals surface area contributed by atoms with Gasteiger partial charge in [0.1, 0.15) is 13.2 Å². The number of hydrogen-bond acceptors (Lipinski definition) is 6. The van der Waals surface area contributed by atoms with Crippen LogP contribution in [0.3, 0.4) is 0 Å². The molecule has 6 heteroatoms. The van der Waals surface area contributed by atoms with Gasteiger partial charge in [-0.2, -0.15) is 0 Å². The molecule has 0 amide bonds. The van der Waals surface area contributed by atoms with E-state index in [0.717, 1.165) is 70.6 Å². The second-order valence-corrected chi connectivity index (χ2v) is 23.8. The Hall–Kier alpha value is -2.11. The Morgan fingerprint density at radius 1 is 0.247 bits per heavy atom. The Morgan fingerprint density at radius 2 is 0.455 bits per heavy atom. The van der Waals surface area contributed by atoms with E-state index in [9.17, 15) is 14.4 Å². The molecule has 6 nitrogen and oxygen atoms in total. The van der Waals surface area contributed by atoms with Crippen LogP contribution in [0, 0.1) is 0 Å². The van der Waals surface area contributed by atoms with E-state index in [1.54, 1.807) is 0 Å². The van der Waals surface area contributed by atoms with Crippen molar-refractivity contribution in [2.24, 2.45) is 0 Å². The molecule has 0 aliphatic heterocycles. The highest BCUT2D eigenvalue weighted by Crippen LogP contribution is 2.19. The lowest BCUT2D eigenvalue weighted by atomic mass is 10.0. The minimum atomic E-state index is -0.770. The summed E-state index contributed by atoms with van der Waals surface area (Å²) < 4.78 is 16.9. The normalized spacial score (nSPS) is 12.1. The molecule has 0 aromatic heterocycles. The van der Waals surface area contributed by atoms with Gasteiger partial charge < -0.3 is 14.2 Å². The first-order valence-electron chi connectivity index (χ1n) is 34.8. The van der Waals surface area contributed by atoms with Crippen LogP contribution in [0.4, 0.5) is 0 Å². The number of unbranched alkanes of at least 4 members (excludes halogenated alkanes) is 50. The lowest BCUT2D eigenvalue weighted by Gasteiger charge is -2.18. The quantitative estimate of drug-likeness (QED) is 0.0261. The number of ether oxygens (including phenoxy) is 3. The molecule has 0 heterocycles. The molecule has 0 spiro atoms. The van der Waals surface area contributed by atoms with Crippen LogP contribution in [-0.4, -0.2) is 37.2 Å². The number of carbonyl (C=O) groups is 3. The van der Waals surface area contributed by atoms with Crippen molar-refractivity contribution in [3.05, 3.63) is 24.3 Å². The molecule has 0 radical (unpaired) electrons. The van der Waals surface area contributed by atoms with Gasteiger partial charge in [-0.3, -0.25) is 14.4 Å². The maximum atomic E-state index is 12.9. The standard InChI is InChI=1S/C71H134O6/c1-4-7-10-13-16-19-22-24-26-28-30-32-33-34-35-36-37-38-39-40-42-43-45-47-49-52-55-58-61-64-70(73)76-67-68(66-75-69(72)63-60-57-54-51-21-18-15-12-9-6-3)77-71(74)65-62-59-56-53-50-48-46-44-41-31-29-27-25-23-20-17-14-11-8-5-2/h12,15,28,30,68H,4-11,13-14,16-27,29,31-67H2,1-3H3/b15-12-,30-28-. The van der Waals surface area contributed by atoms with Crippen LogP contribution < -0.4 is 0 Å². The lowest BCUT2D eigenvalue weighted by molar-refractivity contribution is -0.167. The molecule has 0 fully saturated rings. The van der Waals surface area contributed by atoms with Crippen LogP contribution in [-0.2, 0) is 28.6 Å². The predicted molar refractivity (Wildman–Crippen MR) is 335 cm³/mol. The van der Waals surface area contributed by atoms with Gasteiger partial charge in [0.05, 0.1) is 0 Å². The largest absolute Gasteiger partial charge is 0.462 e. The highest BCUT2D eigenvalue weighted by Gasteiger charge is 2.19. The predicted octanol–water partition coefficient (Wildman–Crippen LogP) is 23.8. The highest BCUT2D eigenvalue weighted by molar-refractivity contribution is 5.71. The Kier molecular flexibility index (Phi) is 64.6. The maximum Gasteiger partial charge on any atom is 0.306 e. The molecular formula is C71H134O6. The number of rotatable bonds is 65. The van der Waals surface area contributed by atoms with E-state index in [0.29, 0.717) is 19.3 Å². The van der Waals surface area contributed by atoms with Gasteiger partial charge >= 0.3 is 17.9 Å². The average molecular weight is 1080 g/mol. The van der Waals surface area contributed by atoms with E-state index in [-0.39, 0.29) is 31.1 Å². The lowest BCUT2D eigenvalue weighted by Crippen LogP contribution is -2.30. The smallest absolute Gasteiger partial charge is 0.306 e. The zero-order chi connectivity index (χ0) is 55.7. The summed E-state index contributed by atoms with van der Waals surface area (Å²) in [6.07, 6.45) is 80.8. The molecule has 0 rings (SSSR count). The van der Waals surface area contributed by atoms with Gasteiger partial charge in [0.25, 0.3) is 0 Å². The summed E-state index contributed by atoms with van der Waals surface area (Å²) in [4.78, 5) is 38.3. The Morgan fingerprint density at radius 3 is 0.701 bits per heavy atom. The van der Waals surface area contributed by atoms with Crippen molar-refractivity contribution in [1.82, 2.24) is 0 Å². The van der Waals surface area contributed by atoms with E-state index < -0.39 is 6.10 Å². The first-order chi connectivity index (χ1) is 38.0. The third-order valence-electron chi connectivity index (χ3n) is 15.9. The summed E-state index contributed by atoms with van der Waals surface area (Å²) in [5.74, 6) is -0.850. The van der Waals surface area contributed by atoms with Gasteiger partial charge in [-0.05, 0) is 64.2 Å². The first kappa shape index (κ1) is 74.9. The van der Waals surface area contributed by atoms with Crippen molar-refractivity contribution in [3.63, 3.8) is 0 Å². The fraction of sp³-hybridized carbons (Fsp3) is 0.901. The molecule has 454 valence electrons. The van der Waals surface area contributed by atoms with Gasteiger partial charge in [0.15, 0.2) is 6.10 Å². The molecule has 0 aliphatic rings. The number of esters is 3. The van der Waals surface area contributed by atoms with Crippen LogP contribution in [0.15, 0.2) is 24.3 Å². The van der Waals surface area contributed by atoms with Crippen LogP contribution in [0.1, 0.15) is 393 Å². The summed E-state index contributed by atoms with van der Waals surface area (Å²) in [5, 5.41) is 0. The van der Waals surface area contributed by atoms with Crippen molar-refractivity contribution in [3.8, 4) is 0 Å². The van der Waals surface area contributed by atoms with E-state index >= 15 is 0 Å². The average Bonchev–Trinajstić information content (AvgIpc) is 3.43. The summed E-state index contributed by atoms with van der Waals surface area (Å²) in [7, 11) is 0. The SMILES string of the molecule is CCC/C=C\CCCCCCCC(=O)OCC(COC(=O)CCCCCCCCCCCCCCCCCCC/C=C\CCCCCCCCCC)OC(=O)CCCCCCCCCCCCCCCCCCCCCC. The molecule has 77 heavy (non-hydrogen) atoms. The molecule has 0 aromatic rings. The summed E-state index contributed by atoms with van der Waals surface area (Å²) in [6.45, 7) is 6.65. The Labute approximate surface area is 481 Å².